The maximum absolute atomic E-state index is 11.8. The van der Waals surface area contributed by atoms with Crippen molar-refractivity contribution in [3.63, 3.8) is 0 Å². The molecule has 120 valence electrons. The van der Waals surface area contributed by atoms with E-state index in [9.17, 15) is 9.90 Å². The second-order valence-electron chi connectivity index (χ2n) is 5.11. The molecule has 2 aromatic rings. The Morgan fingerprint density at radius 2 is 2.17 bits per heavy atom. The molecule has 0 fully saturated rings. The normalized spacial score (nSPS) is 10.7. The molecule has 2 N–H and O–H groups in total. The van der Waals surface area contributed by atoms with E-state index in [1.807, 2.05) is 25.3 Å². The van der Waals surface area contributed by atoms with Crippen molar-refractivity contribution >= 4 is 12.0 Å². The molecular weight excluding hydrogens is 292 g/mol. The third kappa shape index (κ3) is 5.14. The van der Waals surface area contributed by atoms with Crippen LogP contribution in [0.15, 0.2) is 42.6 Å². The summed E-state index contributed by atoms with van der Waals surface area (Å²) in [7, 11) is 1.49. The molecule has 0 spiro atoms. The number of nitrogens with one attached hydrogen (secondary N) is 1. The van der Waals surface area contributed by atoms with Crippen molar-refractivity contribution in [1.82, 2.24) is 10.3 Å². The Hall–Kier alpha value is -2.82. The van der Waals surface area contributed by atoms with Crippen molar-refractivity contribution in [2.24, 2.45) is 0 Å². The quantitative estimate of drug-likeness (QED) is 0.804. The van der Waals surface area contributed by atoms with E-state index in [0.717, 1.165) is 23.2 Å². The highest BCUT2D eigenvalue weighted by Gasteiger charge is 2.01. The fraction of sp³-hybridized carbons (Fsp3) is 0.222. The summed E-state index contributed by atoms with van der Waals surface area (Å²) in [5.74, 6) is 0.264. The number of aryl methyl sites for hydroxylation is 1. The van der Waals surface area contributed by atoms with E-state index < -0.39 is 0 Å². The van der Waals surface area contributed by atoms with Gasteiger partial charge in [0.25, 0.3) is 0 Å². The Labute approximate surface area is 135 Å². The molecule has 1 heterocycles. The highest BCUT2D eigenvalue weighted by atomic mass is 16.5. The zero-order chi connectivity index (χ0) is 16.7. The largest absolute Gasteiger partial charge is 0.504 e. The molecule has 0 aliphatic carbocycles. The topological polar surface area (TPSA) is 71.5 Å². The van der Waals surface area contributed by atoms with Crippen LogP contribution in [0, 0.1) is 6.92 Å². The molecule has 23 heavy (non-hydrogen) atoms. The first kappa shape index (κ1) is 16.5. The molecule has 2 rings (SSSR count). The fourth-order valence-electron chi connectivity index (χ4n) is 2.02. The minimum Gasteiger partial charge on any atom is -0.504 e. The lowest BCUT2D eigenvalue weighted by atomic mass is 10.2. The van der Waals surface area contributed by atoms with Crippen LogP contribution in [0.25, 0.3) is 6.08 Å². The number of benzene rings is 1. The van der Waals surface area contributed by atoms with Gasteiger partial charge < -0.3 is 15.2 Å². The predicted octanol–water partition coefficient (Wildman–Crippen LogP) is 2.48. The van der Waals surface area contributed by atoms with Crippen LogP contribution in [0.1, 0.15) is 16.8 Å². The average Bonchev–Trinajstić information content (AvgIpc) is 2.55. The van der Waals surface area contributed by atoms with Gasteiger partial charge in [-0.05, 0) is 48.7 Å². The van der Waals surface area contributed by atoms with Crippen molar-refractivity contribution < 1.29 is 14.6 Å². The number of carbonyl (C=O) groups is 1. The van der Waals surface area contributed by atoms with Crippen LogP contribution in [-0.2, 0) is 11.2 Å². The minimum absolute atomic E-state index is 0.0435. The van der Waals surface area contributed by atoms with E-state index in [2.05, 4.69) is 10.3 Å². The first-order valence-electron chi connectivity index (χ1n) is 7.33. The molecule has 5 nitrogen and oxygen atoms in total. The van der Waals surface area contributed by atoms with E-state index >= 15 is 0 Å². The van der Waals surface area contributed by atoms with Gasteiger partial charge in [-0.1, -0.05) is 12.1 Å². The highest BCUT2D eigenvalue weighted by molar-refractivity contribution is 5.91. The zero-order valence-electron chi connectivity index (χ0n) is 13.2. The number of hydrogen-bond acceptors (Lipinski definition) is 4. The number of rotatable bonds is 6. The summed E-state index contributed by atoms with van der Waals surface area (Å²) in [5, 5.41) is 12.5. The van der Waals surface area contributed by atoms with Gasteiger partial charge in [-0.15, -0.1) is 0 Å². The van der Waals surface area contributed by atoms with Gasteiger partial charge >= 0.3 is 0 Å². The van der Waals surface area contributed by atoms with Crippen molar-refractivity contribution in [2.75, 3.05) is 13.7 Å². The van der Waals surface area contributed by atoms with Gasteiger partial charge in [-0.3, -0.25) is 9.78 Å². The van der Waals surface area contributed by atoms with Crippen LogP contribution in [0.4, 0.5) is 0 Å². The SMILES string of the molecule is COc1ccc(/C=C/C(=O)NCCc2ccc(C)nc2)cc1O. The van der Waals surface area contributed by atoms with Crippen LogP contribution in [-0.4, -0.2) is 29.7 Å². The first-order valence-corrected chi connectivity index (χ1v) is 7.33. The predicted molar refractivity (Wildman–Crippen MR) is 89.4 cm³/mol. The van der Waals surface area contributed by atoms with Gasteiger partial charge in [-0.25, -0.2) is 0 Å². The summed E-state index contributed by atoms with van der Waals surface area (Å²) < 4.78 is 4.97. The van der Waals surface area contributed by atoms with Crippen molar-refractivity contribution in [1.29, 1.82) is 0 Å². The maximum Gasteiger partial charge on any atom is 0.244 e. The number of methoxy groups -OCH3 is 1. The second-order valence-corrected chi connectivity index (χ2v) is 5.11. The highest BCUT2D eigenvalue weighted by Crippen LogP contribution is 2.26. The number of carbonyl (C=O) groups excluding carboxylic acids is 1. The monoisotopic (exact) mass is 312 g/mol. The van der Waals surface area contributed by atoms with Crippen LogP contribution in [0.2, 0.25) is 0 Å². The Bertz CT molecular complexity index is 694. The standard InChI is InChI=1S/C18H20N2O3/c1-13-3-4-15(12-20-13)9-10-19-18(22)8-6-14-5-7-17(23-2)16(21)11-14/h3-8,11-12,21H,9-10H2,1-2H3,(H,19,22)/b8-6+. The zero-order valence-corrected chi connectivity index (χ0v) is 13.2. The summed E-state index contributed by atoms with van der Waals surface area (Å²) in [6.45, 7) is 2.48. The fourth-order valence-corrected chi connectivity index (χ4v) is 2.02. The summed E-state index contributed by atoms with van der Waals surface area (Å²) in [6, 6.07) is 8.91. The van der Waals surface area contributed by atoms with Gasteiger partial charge in [0.2, 0.25) is 5.91 Å². The van der Waals surface area contributed by atoms with Crippen molar-refractivity contribution in [3.05, 3.63) is 59.4 Å². The van der Waals surface area contributed by atoms with Crippen LogP contribution < -0.4 is 10.1 Å². The number of aromatic hydroxyl groups is 1. The molecule has 0 bridgehead atoms. The third-order valence-corrected chi connectivity index (χ3v) is 3.32. The van der Waals surface area contributed by atoms with E-state index in [1.165, 1.54) is 13.2 Å². The van der Waals surface area contributed by atoms with Gasteiger partial charge in [-0.2, -0.15) is 0 Å². The Kier molecular flexibility index (Phi) is 5.74. The number of phenols is 1. The van der Waals surface area contributed by atoms with Crippen molar-refractivity contribution in [2.45, 2.75) is 13.3 Å². The molecule has 0 saturated heterocycles. The number of phenolic OH excluding ortho intramolecular Hbond substituents is 1. The maximum atomic E-state index is 11.8. The van der Waals surface area contributed by atoms with Crippen LogP contribution >= 0.6 is 0 Å². The Morgan fingerprint density at radius 1 is 1.35 bits per heavy atom. The summed E-state index contributed by atoms with van der Waals surface area (Å²) in [5.41, 5.74) is 2.78. The molecule has 0 unspecified atom stereocenters. The lowest BCUT2D eigenvalue weighted by molar-refractivity contribution is -0.116. The van der Waals surface area contributed by atoms with Gasteiger partial charge in [0.05, 0.1) is 7.11 Å². The Morgan fingerprint density at radius 3 is 2.83 bits per heavy atom. The number of nitrogens with zero attached hydrogens (tertiary/aromatic N) is 1. The molecule has 0 saturated carbocycles. The number of aromatic nitrogens is 1. The molecule has 0 aliphatic heterocycles. The Balaban J connectivity index is 1.82. The van der Waals surface area contributed by atoms with Gasteiger partial charge in [0, 0.05) is 24.5 Å². The van der Waals surface area contributed by atoms with Gasteiger partial charge in [0.1, 0.15) is 0 Å². The summed E-state index contributed by atoms with van der Waals surface area (Å²) in [6.07, 6.45) is 5.63. The number of pyridine rings is 1. The lowest BCUT2D eigenvalue weighted by Crippen LogP contribution is -2.23. The third-order valence-electron chi connectivity index (χ3n) is 3.32. The van der Waals surface area contributed by atoms with Crippen LogP contribution in [0.3, 0.4) is 0 Å². The molecule has 1 aromatic heterocycles. The molecule has 0 atom stereocenters. The van der Waals surface area contributed by atoms with E-state index in [-0.39, 0.29) is 11.7 Å². The van der Waals surface area contributed by atoms with E-state index in [0.29, 0.717) is 12.3 Å². The van der Waals surface area contributed by atoms with Crippen LogP contribution in [0.5, 0.6) is 11.5 Å². The van der Waals surface area contributed by atoms with E-state index in [1.54, 1.807) is 24.3 Å². The van der Waals surface area contributed by atoms with E-state index in [4.69, 9.17) is 4.74 Å². The lowest BCUT2D eigenvalue weighted by Gasteiger charge is -2.04. The molecule has 5 heteroatoms. The molecule has 1 aromatic carbocycles. The average molecular weight is 312 g/mol. The molecule has 1 amide bonds. The molecular formula is C18H20N2O3. The number of ether oxygens (including phenoxy) is 1. The first-order chi connectivity index (χ1) is 11.1. The molecule has 0 radical (unpaired) electrons. The number of amides is 1. The summed E-state index contributed by atoms with van der Waals surface area (Å²) >= 11 is 0. The summed E-state index contributed by atoms with van der Waals surface area (Å²) in [4.78, 5) is 16.0. The van der Waals surface area contributed by atoms with Gasteiger partial charge in [0.15, 0.2) is 11.5 Å². The number of hydrogen-bond donors (Lipinski definition) is 2. The second kappa shape index (κ2) is 7.98. The molecule has 0 aliphatic rings. The minimum atomic E-state index is -0.180. The van der Waals surface area contributed by atoms with Crippen molar-refractivity contribution in [3.8, 4) is 11.5 Å². The smallest absolute Gasteiger partial charge is 0.244 e.